The number of hydrogen-bond donors (Lipinski definition) is 1. The molecule has 0 spiro atoms. The van der Waals surface area contributed by atoms with Crippen molar-refractivity contribution in [2.45, 2.75) is 51.3 Å². The molecule has 23 heavy (non-hydrogen) atoms. The van der Waals surface area contributed by atoms with Gasteiger partial charge < -0.3 is 10.1 Å². The van der Waals surface area contributed by atoms with Crippen LogP contribution in [0.1, 0.15) is 31.4 Å². The van der Waals surface area contributed by atoms with Crippen LogP contribution >= 0.6 is 0 Å². The Morgan fingerprint density at radius 1 is 1.39 bits per heavy atom. The van der Waals surface area contributed by atoms with E-state index < -0.39 is 0 Å². The fraction of sp³-hybridized carbons (Fsp3) is 0.533. The number of ether oxygens (including phenoxy) is 1. The number of rotatable bonds is 5. The first kappa shape index (κ1) is 15.4. The summed E-state index contributed by atoms with van der Waals surface area (Å²) in [5, 5.41) is 13.7. The SMILES string of the molecule is Cc1ncccc1OC1CCC(NC(=O)Cn2cnnn2)CC1. The van der Waals surface area contributed by atoms with E-state index in [1.165, 1.54) is 11.0 Å². The maximum atomic E-state index is 11.9. The van der Waals surface area contributed by atoms with Crippen LogP contribution in [0.4, 0.5) is 0 Å². The van der Waals surface area contributed by atoms with Gasteiger partial charge in [-0.25, -0.2) is 4.68 Å². The fourth-order valence-corrected chi connectivity index (χ4v) is 2.77. The van der Waals surface area contributed by atoms with Crippen LogP contribution in [-0.4, -0.2) is 43.2 Å². The maximum Gasteiger partial charge on any atom is 0.242 e. The highest BCUT2D eigenvalue weighted by molar-refractivity contribution is 5.75. The number of tetrazole rings is 1. The van der Waals surface area contributed by atoms with Crippen LogP contribution in [0.25, 0.3) is 0 Å². The van der Waals surface area contributed by atoms with Gasteiger partial charge >= 0.3 is 0 Å². The Bertz CT molecular complexity index is 637. The molecular weight excluding hydrogens is 296 g/mol. The van der Waals surface area contributed by atoms with Gasteiger partial charge in [0.05, 0.1) is 11.8 Å². The zero-order valence-electron chi connectivity index (χ0n) is 13.1. The minimum atomic E-state index is -0.0650. The summed E-state index contributed by atoms with van der Waals surface area (Å²) in [4.78, 5) is 16.2. The van der Waals surface area contributed by atoms with Gasteiger partial charge in [-0.05, 0) is 55.2 Å². The van der Waals surface area contributed by atoms with Crippen molar-refractivity contribution in [3.8, 4) is 5.75 Å². The maximum absolute atomic E-state index is 11.9. The minimum Gasteiger partial charge on any atom is -0.489 e. The van der Waals surface area contributed by atoms with Crippen molar-refractivity contribution in [2.75, 3.05) is 0 Å². The van der Waals surface area contributed by atoms with Gasteiger partial charge in [0.2, 0.25) is 5.91 Å². The lowest BCUT2D eigenvalue weighted by molar-refractivity contribution is -0.122. The molecule has 0 aliphatic heterocycles. The summed E-state index contributed by atoms with van der Waals surface area (Å²) in [5.74, 6) is 0.781. The Balaban J connectivity index is 1.43. The molecule has 2 aromatic rings. The first-order chi connectivity index (χ1) is 11.2. The Morgan fingerprint density at radius 2 is 2.22 bits per heavy atom. The number of nitrogens with zero attached hydrogens (tertiary/aromatic N) is 5. The predicted octanol–water partition coefficient (Wildman–Crippen LogP) is 0.883. The van der Waals surface area contributed by atoms with Crippen LogP contribution in [0.15, 0.2) is 24.7 Å². The highest BCUT2D eigenvalue weighted by Crippen LogP contribution is 2.25. The van der Waals surface area contributed by atoms with Crippen LogP contribution in [0.5, 0.6) is 5.75 Å². The number of hydrogen-bond acceptors (Lipinski definition) is 6. The Morgan fingerprint density at radius 3 is 2.91 bits per heavy atom. The largest absolute Gasteiger partial charge is 0.489 e. The average molecular weight is 316 g/mol. The lowest BCUT2D eigenvalue weighted by atomic mass is 9.93. The van der Waals surface area contributed by atoms with Crippen LogP contribution in [-0.2, 0) is 11.3 Å². The standard InChI is InChI=1S/C15H20N6O2/c1-11-14(3-2-8-16-11)23-13-6-4-12(5-7-13)18-15(22)9-21-10-17-19-20-21/h2-3,8,10,12-13H,4-7,9H2,1H3,(H,18,22). The molecule has 1 N–H and O–H groups in total. The van der Waals surface area contributed by atoms with Gasteiger partial charge in [-0.1, -0.05) is 0 Å². The van der Waals surface area contributed by atoms with Gasteiger partial charge in [0, 0.05) is 12.2 Å². The van der Waals surface area contributed by atoms with E-state index in [1.54, 1.807) is 6.20 Å². The molecule has 1 fully saturated rings. The molecule has 1 saturated carbocycles. The Kier molecular flexibility index (Phi) is 4.80. The van der Waals surface area contributed by atoms with Crippen molar-refractivity contribution in [3.63, 3.8) is 0 Å². The van der Waals surface area contributed by atoms with Crippen molar-refractivity contribution in [3.05, 3.63) is 30.4 Å². The van der Waals surface area contributed by atoms with Gasteiger partial charge in [-0.3, -0.25) is 9.78 Å². The molecule has 8 heteroatoms. The summed E-state index contributed by atoms with van der Waals surface area (Å²) < 4.78 is 7.43. The smallest absolute Gasteiger partial charge is 0.242 e. The zero-order valence-corrected chi connectivity index (χ0v) is 13.1. The summed E-state index contributed by atoms with van der Waals surface area (Å²) in [6.45, 7) is 2.10. The molecule has 0 atom stereocenters. The van der Waals surface area contributed by atoms with Gasteiger partial charge in [-0.15, -0.1) is 5.10 Å². The van der Waals surface area contributed by atoms with Crippen molar-refractivity contribution in [2.24, 2.45) is 0 Å². The third-order valence-electron chi connectivity index (χ3n) is 3.99. The molecular formula is C15H20N6O2. The molecule has 0 aromatic carbocycles. The van der Waals surface area contributed by atoms with E-state index in [1.807, 2.05) is 19.1 Å². The highest BCUT2D eigenvalue weighted by Gasteiger charge is 2.24. The van der Waals surface area contributed by atoms with E-state index in [0.29, 0.717) is 0 Å². The normalized spacial score (nSPS) is 20.9. The summed E-state index contributed by atoms with van der Waals surface area (Å²) in [6, 6.07) is 4.02. The van der Waals surface area contributed by atoms with Crippen LogP contribution in [0.3, 0.4) is 0 Å². The number of amides is 1. The summed E-state index contributed by atoms with van der Waals surface area (Å²) >= 11 is 0. The highest BCUT2D eigenvalue weighted by atomic mass is 16.5. The lowest BCUT2D eigenvalue weighted by Crippen LogP contribution is -2.41. The molecule has 0 radical (unpaired) electrons. The van der Waals surface area contributed by atoms with E-state index in [2.05, 4.69) is 25.8 Å². The molecule has 8 nitrogen and oxygen atoms in total. The van der Waals surface area contributed by atoms with Gasteiger partial charge in [0.15, 0.2) is 0 Å². The number of aromatic nitrogens is 5. The predicted molar refractivity (Wildman–Crippen MR) is 81.6 cm³/mol. The molecule has 0 unspecified atom stereocenters. The Hall–Kier alpha value is -2.51. The first-order valence-electron chi connectivity index (χ1n) is 7.79. The molecule has 1 aliphatic rings. The molecule has 1 amide bonds. The molecule has 2 heterocycles. The minimum absolute atomic E-state index is 0.0650. The van der Waals surface area contributed by atoms with Gasteiger partial charge in [0.25, 0.3) is 0 Å². The fourth-order valence-electron chi connectivity index (χ4n) is 2.77. The van der Waals surface area contributed by atoms with Crippen molar-refractivity contribution in [1.82, 2.24) is 30.5 Å². The topological polar surface area (TPSA) is 94.8 Å². The second-order valence-electron chi connectivity index (χ2n) is 5.75. The van der Waals surface area contributed by atoms with E-state index in [4.69, 9.17) is 4.74 Å². The number of nitrogens with one attached hydrogen (secondary N) is 1. The summed E-state index contributed by atoms with van der Waals surface area (Å²) in [7, 11) is 0. The third-order valence-corrected chi connectivity index (χ3v) is 3.99. The number of pyridine rings is 1. The van der Waals surface area contributed by atoms with Crippen LogP contribution in [0, 0.1) is 6.92 Å². The molecule has 2 aromatic heterocycles. The van der Waals surface area contributed by atoms with Crippen molar-refractivity contribution >= 4 is 5.91 Å². The van der Waals surface area contributed by atoms with E-state index in [0.717, 1.165) is 37.1 Å². The second-order valence-corrected chi connectivity index (χ2v) is 5.75. The van der Waals surface area contributed by atoms with Gasteiger partial charge in [-0.2, -0.15) is 0 Å². The summed E-state index contributed by atoms with van der Waals surface area (Å²) in [6.07, 6.45) is 7.04. The van der Waals surface area contributed by atoms with E-state index in [9.17, 15) is 4.79 Å². The first-order valence-corrected chi connectivity index (χ1v) is 7.79. The monoisotopic (exact) mass is 316 g/mol. The molecule has 0 bridgehead atoms. The van der Waals surface area contributed by atoms with Gasteiger partial charge in [0.1, 0.15) is 18.6 Å². The average Bonchev–Trinajstić information content (AvgIpc) is 3.04. The van der Waals surface area contributed by atoms with Crippen molar-refractivity contribution < 1.29 is 9.53 Å². The summed E-state index contributed by atoms with van der Waals surface area (Å²) in [5.41, 5.74) is 0.907. The Labute approximate surface area is 134 Å². The second kappa shape index (κ2) is 7.17. The number of aryl methyl sites for hydroxylation is 1. The molecule has 122 valence electrons. The van der Waals surface area contributed by atoms with Crippen LogP contribution < -0.4 is 10.1 Å². The zero-order chi connectivity index (χ0) is 16.1. The molecule has 3 rings (SSSR count). The lowest BCUT2D eigenvalue weighted by Gasteiger charge is -2.29. The quantitative estimate of drug-likeness (QED) is 0.880. The number of carbonyl (C=O) groups excluding carboxylic acids is 1. The van der Waals surface area contributed by atoms with E-state index in [-0.39, 0.29) is 24.6 Å². The third kappa shape index (κ3) is 4.24. The van der Waals surface area contributed by atoms with E-state index >= 15 is 0 Å². The van der Waals surface area contributed by atoms with Crippen LogP contribution in [0.2, 0.25) is 0 Å². The molecule has 1 aliphatic carbocycles. The number of carbonyl (C=O) groups is 1. The molecule has 0 saturated heterocycles. The van der Waals surface area contributed by atoms with Crippen molar-refractivity contribution in [1.29, 1.82) is 0 Å².